The number of carbonyl (C=O) groups is 1. The van der Waals surface area contributed by atoms with Crippen molar-refractivity contribution in [2.45, 2.75) is 65.3 Å². The van der Waals surface area contributed by atoms with Gasteiger partial charge >= 0.3 is 0 Å². The Labute approximate surface area is 160 Å². The van der Waals surface area contributed by atoms with E-state index in [0.29, 0.717) is 6.42 Å². The fraction of sp³-hybridized carbons (Fsp3) is 0.455. The topological polar surface area (TPSA) is 41.5 Å². The Balaban J connectivity index is 1.98. The monoisotopic (exact) mass is 368 g/mol. The lowest BCUT2D eigenvalue weighted by atomic mass is 9.98. The van der Waals surface area contributed by atoms with E-state index in [4.69, 9.17) is 4.99 Å². The van der Waals surface area contributed by atoms with Gasteiger partial charge in [0.15, 0.2) is 0 Å². The number of unbranched alkanes of at least 4 members (excludes halogenated alkanes) is 3. The van der Waals surface area contributed by atoms with Gasteiger partial charge in [-0.2, -0.15) is 0 Å². The van der Waals surface area contributed by atoms with E-state index in [1.807, 2.05) is 19.1 Å². The van der Waals surface area contributed by atoms with Crippen LogP contribution in [0.3, 0.4) is 0 Å². The highest BCUT2D eigenvalue weighted by Gasteiger charge is 2.27. The maximum atomic E-state index is 12.6. The summed E-state index contributed by atoms with van der Waals surface area (Å²) in [6.07, 6.45) is 6.79. The maximum Gasteiger partial charge on any atom is 0.249 e. The molecule has 3 nitrogen and oxygen atoms in total. The van der Waals surface area contributed by atoms with Gasteiger partial charge < -0.3 is 5.32 Å². The summed E-state index contributed by atoms with van der Waals surface area (Å²) in [6, 6.07) is 10.2. The van der Waals surface area contributed by atoms with Crippen LogP contribution in [0.1, 0.15) is 67.5 Å². The van der Waals surface area contributed by atoms with Gasteiger partial charge in [0.05, 0.1) is 5.71 Å². The lowest BCUT2D eigenvalue weighted by Gasteiger charge is -2.10. The highest BCUT2D eigenvalue weighted by atomic mass is 32.1. The van der Waals surface area contributed by atoms with E-state index < -0.39 is 0 Å². The zero-order valence-electron chi connectivity index (χ0n) is 16.0. The van der Waals surface area contributed by atoms with E-state index in [1.165, 1.54) is 36.1 Å². The number of benzene rings is 1. The third kappa shape index (κ3) is 4.07. The average molecular weight is 369 g/mol. The Hall–Kier alpha value is -1.94. The molecule has 2 heterocycles. The average Bonchev–Trinajstić information content (AvgIpc) is 2.97. The van der Waals surface area contributed by atoms with Crippen molar-refractivity contribution in [1.82, 2.24) is 0 Å². The number of nitrogens with one attached hydrogen (secondary N) is 1. The Morgan fingerprint density at radius 1 is 1.12 bits per heavy atom. The Bertz CT molecular complexity index is 806. The quantitative estimate of drug-likeness (QED) is 0.621. The molecule has 4 heteroatoms. The minimum Gasteiger partial charge on any atom is -0.315 e. The molecule has 1 amide bonds. The summed E-state index contributed by atoms with van der Waals surface area (Å²) >= 11 is 1.71. The third-order valence-electron chi connectivity index (χ3n) is 4.93. The number of hydrogen-bond acceptors (Lipinski definition) is 3. The highest BCUT2D eigenvalue weighted by Crippen LogP contribution is 2.34. The van der Waals surface area contributed by atoms with Crippen LogP contribution in [0.25, 0.3) is 0 Å². The second kappa shape index (κ2) is 8.63. The molecule has 26 heavy (non-hydrogen) atoms. The van der Waals surface area contributed by atoms with Crippen LogP contribution in [-0.2, 0) is 11.2 Å². The predicted molar refractivity (Wildman–Crippen MR) is 112 cm³/mol. The van der Waals surface area contributed by atoms with Gasteiger partial charge in [-0.25, -0.2) is 0 Å². The molecule has 1 unspecified atom stereocenters. The number of thiophene rings is 1. The van der Waals surface area contributed by atoms with Crippen LogP contribution in [0.5, 0.6) is 0 Å². The molecule has 0 saturated heterocycles. The normalized spacial score (nSPS) is 16.7. The first kappa shape index (κ1) is 18.8. The number of rotatable bonds is 7. The number of carbonyl (C=O) groups excluding carboxylic acids is 1. The summed E-state index contributed by atoms with van der Waals surface area (Å²) in [5, 5.41) is 4.09. The van der Waals surface area contributed by atoms with Gasteiger partial charge in [-0.15, -0.1) is 11.3 Å². The van der Waals surface area contributed by atoms with Crippen molar-refractivity contribution in [3.05, 3.63) is 51.9 Å². The zero-order chi connectivity index (χ0) is 18.5. The standard InChI is InChI=1S/C22H28N2OS/c1-4-6-7-8-12-16-14-18-20(17-13-10-9-11-15(17)3)23-19(5-2)21(25)24-22(18)26-16/h9-11,13-14,19H,4-8,12H2,1-3H3,(H,24,25). The molecule has 0 spiro atoms. The summed E-state index contributed by atoms with van der Waals surface area (Å²) in [4.78, 5) is 18.8. The molecule has 1 atom stereocenters. The second-order valence-corrected chi connectivity index (χ2v) is 8.11. The second-order valence-electron chi connectivity index (χ2n) is 6.97. The molecule has 3 rings (SSSR count). The molecule has 0 saturated carbocycles. The lowest BCUT2D eigenvalue weighted by Crippen LogP contribution is -2.24. The van der Waals surface area contributed by atoms with Crippen LogP contribution < -0.4 is 5.32 Å². The molecule has 1 aliphatic heterocycles. The summed E-state index contributed by atoms with van der Waals surface area (Å²) in [5.41, 5.74) is 4.36. The molecular formula is C22H28N2OS. The molecular weight excluding hydrogens is 340 g/mol. The van der Waals surface area contributed by atoms with E-state index in [1.54, 1.807) is 11.3 Å². The van der Waals surface area contributed by atoms with E-state index in [2.05, 4.69) is 37.4 Å². The van der Waals surface area contributed by atoms with Gasteiger partial charge in [-0.3, -0.25) is 9.79 Å². The lowest BCUT2D eigenvalue weighted by molar-refractivity contribution is -0.117. The van der Waals surface area contributed by atoms with Gasteiger partial charge in [0.1, 0.15) is 11.0 Å². The zero-order valence-corrected chi connectivity index (χ0v) is 16.8. The van der Waals surface area contributed by atoms with E-state index in [-0.39, 0.29) is 11.9 Å². The number of aryl methyl sites for hydroxylation is 2. The van der Waals surface area contributed by atoms with Crippen molar-refractivity contribution < 1.29 is 4.79 Å². The SMILES string of the molecule is CCCCCCc1cc2c(s1)NC(=O)C(CC)N=C2c1ccccc1C. The van der Waals surface area contributed by atoms with Gasteiger partial charge in [0.25, 0.3) is 0 Å². The van der Waals surface area contributed by atoms with Crippen LogP contribution >= 0.6 is 11.3 Å². The summed E-state index contributed by atoms with van der Waals surface area (Å²) in [7, 11) is 0. The highest BCUT2D eigenvalue weighted by molar-refractivity contribution is 7.16. The smallest absolute Gasteiger partial charge is 0.249 e. The number of nitrogens with zero attached hydrogens (tertiary/aromatic N) is 1. The largest absolute Gasteiger partial charge is 0.315 e. The predicted octanol–water partition coefficient (Wildman–Crippen LogP) is 5.75. The first-order valence-corrected chi connectivity index (χ1v) is 10.5. The fourth-order valence-corrected chi connectivity index (χ4v) is 4.47. The molecule has 0 aliphatic carbocycles. The first-order valence-electron chi connectivity index (χ1n) is 9.71. The molecule has 1 aliphatic rings. The number of aliphatic imine (C=N–C) groups is 1. The van der Waals surface area contributed by atoms with Crippen LogP contribution in [0.2, 0.25) is 0 Å². The van der Waals surface area contributed by atoms with Crippen molar-refractivity contribution >= 4 is 28.0 Å². The van der Waals surface area contributed by atoms with E-state index >= 15 is 0 Å². The minimum absolute atomic E-state index is 0.0108. The van der Waals surface area contributed by atoms with Crippen molar-refractivity contribution in [1.29, 1.82) is 0 Å². The Morgan fingerprint density at radius 3 is 2.65 bits per heavy atom. The van der Waals surface area contributed by atoms with E-state index in [9.17, 15) is 4.79 Å². The molecule has 0 fully saturated rings. The van der Waals surface area contributed by atoms with Crippen molar-refractivity contribution in [3.8, 4) is 0 Å². The molecule has 1 aromatic heterocycles. The molecule has 1 N–H and O–H groups in total. The molecule has 0 bridgehead atoms. The van der Waals surface area contributed by atoms with E-state index in [0.717, 1.165) is 28.3 Å². The summed E-state index contributed by atoms with van der Waals surface area (Å²) < 4.78 is 0. The van der Waals surface area contributed by atoms with Crippen molar-refractivity contribution in [3.63, 3.8) is 0 Å². The van der Waals surface area contributed by atoms with Crippen molar-refractivity contribution in [2.75, 3.05) is 5.32 Å². The van der Waals surface area contributed by atoms with Crippen molar-refractivity contribution in [2.24, 2.45) is 4.99 Å². The number of amides is 1. The van der Waals surface area contributed by atoms with Crippen LogP contribution in [0.15, 0.2) is 35.3 Å². The Kier molecular flexibility index (Phi) is 6.25. The number of anilines is 1. The first-order chi connectivity index (χ1) is 12.6. The molecule has 1 aromatic carbocycles. The van der Waals surface area contributed by atoms with Gasteiger partial charge in [-0.05, 0) is 37.8 Å². The summed E-state index contributed by atoms with van der Waals surface area (Å²) in [5.74, 6) is 0.0108. The van der Waals surface area contributed by atoms with Crippen LogP contribution in [0.4, 0.5) is 5.00 Å². The van der Waals surface area contributed by atoms with Crippen LogP contribution in [0, 0.1) is 6.92 Å². The minimum atomic E-state index is -0.322. The molecule has 2 aromatic rings. The maximum absolute atomic E-state index is 12.6. The van der Waals surface area contributed by atoms with Gasteiger partial charge in [-0.1, -0.05) is 57.4 Å². The Morgan fingerprint density at radius 2 is 1.92 bits per heavy atom. The number of fused-ring (bicyclic) bond motifs is 1. The third-order valence-corrected chi connectivity index (χ3v) is 6.04. The number of hydrogen-bond donors (Lipinski definition) is 1. The molecule has 138 valence electrons. The van der Waals surface area contributed by atoms with Gasteiger partial charge in [0.2, 0.25) is 5.91 Å². The molecule has 0 radical (unpaired) electrons. The summed E-state index contributed by atoms with van der Waals surface area (Å²) in [6.45, 7) is 6.36. The van der Waals surface area contributed by atoms with Crippen LogP contribution in [-0.4, -0.2) is 17.7 Å². The van der Waals surface area contributed by atoms with Gasteiger partial charge in [0, 0.05) is 16.0 Å². The fourth-order valence-electron chi connectivity index (χ4n) is 3.37.